The first kappa shape index (κ1) is 23.6. The van der Waals surface area contributed by atoms with Crippen molar-refractivity contribution in [3.8, 4) is 0 Å². The van der Waals surface area contributed by atoms with Crippen LogP contribution in [0, 0.1) is 5.92 Å². The Labute approximate surface area is 160 Å². The average Bonchev–Trinajstić information content (AvgIpc) is 2.83. The van der Waals surface area contributed by atoms with Crippen LogP contribution in [0.3, 0.4) is 0 Å². The Kier molecular flexibility index (Phi) is 10.3. The van der Waals surface area contributed by atoms with E-state index in [1.165, 1.54) is 11.3 Å². The van der Waals surface area contributed by atoms with Gasteiger partial charge in [0, 0.05) is 25.0 Å². The van der Waals surface area contributed by atoms with E-state index in [-0.39, 0.29) is 48.8 Å². The third-order valence-corrected chi connectivity index (χ3v) is 4.49. The molecule has 140 valence electrons. The highest BCUT2D eigenvalue weighted by molar-refractivity contribution is 7.13. The van der Waals surface area contributed by atoms with Crippen molar-refractivity contribution in [1.29, 1.82) is 0 Å². The highest BCUT2D eigenvalue weighted by Crippen LogP contribution is 2.19. The number of thiazole rings is 1. The maximum Gasteiger partial charge on any atom is 0.243 e. The molecule has 1 saturated heterocycles. The Bertz CT molecular complexity index is 505. The third-order valence-electron chi connectivity index (χ3n) is 3.68. The molecule has 0 saturated carbocycles. The van der Waals surface area contributed by atoms with Crippen molar-refractivity contribution in [3.63, 3.8) is 0 Å². The van der Waals surface area contributed by atoms with Gasteiger partial charge >= 0.3 is 0 Å². The molecule has 9 heteroatoms. The van der Waals surface area contributed by atoms with Crippen molar-refractivity contribution in [2.24, 2.45) is 11.7 Å². The van der Waals surface area contributed by atoms with Gasteiger partial charge in [-0.3, -0.25) is 9.69 Å². The number of aromatic nitrogens is 1. The second-order valence-corrected chi connectivity index (χ2v) is 7.21. The Morgan fingerprint density at radius 2 is 2.00 bits per heavy atom. The van der Waals surface area contributed by atoms with E-state index in [1.54, 1.807) is 0 Å². The quantitative estimate of drug-likeness (QED) is 0.795. The number of nitrogens with one attached hydrogen (secondary N) is 1. The summed E-state index contributed by atoms with van der Waals surface area (Å²) in [6.45, 7) is 10.6. The molecule has 0 aliphatic carbocycles. The van der Waals surface area contributed by atoms with Crippen LogP contribution in [-0.4, -0.2) is 47.1 Å². The molecule has 6 nitrogen and oxygen atoms in total. The van der Waals surface area contributed by atoms with Crippen molar-refractivity contribution in [3.05, 3.63) is 11.1 Å². The van der Waals surface area contributed by atoms with Crippen LogP contribution in [-0.2, 0) is 16.1 Å². The highest BCUT2D eigenvalue weighted by Gasteiger charge is 2.23. The first-order valence-electron chi connectivity index (χ1n) is 7.73. The molecule has 2 heterocycles. The summed E-state index contributed by atoms with van der Waals surface area (Å²) in [7, 11) is 0. The molecule has 2 rings (SSSR count). The summed E-state index contributed by atoms with van der Waals surface area (Å²) >= 11 is 1.44. The molecular formula is C15H28Cl2N4O2S. The number of carbonyl (C=O) groups is 1. The van der Waals surface area contributed by atoms with Crippen LogP contribution < -0.4 is 11.1 Å². The fraction of sp³-hybridized carbons (Fsp3) is 0.733. The normalized spacial score (nSPS) is 22.4. The van der Waals surface area contributed by atoms with E-state index in [0.717, 1.165) is 25.3 Å². The number of amides is 1. The van der Waals surface area contributed by atoms with Crippen molar-refractivity contribution in [2.75, 3.05) is 18.4 Å². The van der Waals surface area contributed by atoms with E-state index in [4.69, 9.17) is 10.5 Å². The van der Waals surface area contributed by atoms with Gasteiger partial charge in [-0.15, -0.1) is 36.2 Å². The van der Waals surface area contributed by atoms with E-state index >= 15 is 0 Å². The minimum atomic E-state index is -0.506. The second kappa shape index (κ2) is 10.5. The van der Waals surface area contributed by atoms with Gasteiger partial charge in [-0.25, -0.2) is 4.98 Å². The molecule has 1 amide bonds. The highest BCUT2D eigenvalue weighted by atomic mass is 35.5. The molecule has 3 unspecified atom stereocenters. The summed E-state index contributed by atoms with van der Waals surface area (Å²) in [4.78, 5) is 18.8. The second-order valence-electron chi connectivity index (χ2n) is 6.35. The maximum atomic E-state index is 11.9. The van der Waals surface area contributed by atoms with Gasteiger partial charge in [-0.2, -0.15) is 0 Å². The number of nitrogens with zero attached hydrogens (tertiary/aromatic N) is 2. The van der Waals surface area contributed by atoms with Crippen molar-refractivity contribution in [1.82, 2.24) is 9.88 Å². The molecule has 1 aliphatic rings. The Hall–Kier alpha value is -0.440. The monoisotopic (exact) mass is 398 g/mol. The average molecular weight is 399 g/mol. The summed E-state index contributed by atoms with van der Waals surface area (Å²) in [5.74, 6) is -0.0692. The number of hydrogen-bond acceptors (Lipinski definition) is 6. The number of hydrogen-bond donors (Lipinski definition) is 2. The molecule has 24 heavy (non-hydrogen) atoms. The van der Waals surface area contributed by atoms with Crippen LogP contribution in [0.1, 0.15) is 33.4 Å². The SMILES string of the molecule is CC1CN(Cc2csc(NC(=O)C(N)C(C)C)n2)CC(C)O1.Cl.Cl. The van der Waals surface area contributed by atoms with Gasteiger partial charge in [-0.1, -0.05) is 13.8 Å². The van der Waals surface area contributed by atoms with E-state index in [2.05, 4.69) is 29.0 Å². The number of carbonyl (C=O) groups excluding carboxylic acids is 1. The molecule has 1 aromatic rings. The summed E-state index contributed by atoms with van der Waals surface area (Å²) in [5, 5.41) is 5.40. The van der Waals surface area contributed by atoms with Gasteiger partial charge in [0.25, 0.3) is 0 Å². The van der Waals surface area contributed by atoms with E-state index < -0.39 is 6.04 Å². The summed E-state index contributed by atoms with van der Waals surface area (Å²) in [6.07, 6.45) is 0.483. The minimum Gasteiger partial charge on any atom is -0.373 e. The van der Waals surface area contributed by atoms with Crippen LogP contribution in [0.5, 0.6) is 0 Å². The molecule has 3 atom stereocenters. The topological polar surface area (TPSA) is 80.5 Å². The van der Waals surface area contributed by atoms with Crippen molar-refractivity contribution < 1.29 is 9.53 Å². The lowest BCUT2D eigenvalue weighted by atomic mass is 10.1. The zero-order valence-corrected chi connectivity index (χ0v) is 17.0. The standard InChI is InChI=1S/C15H26N4O2S.2ClH/c1-9(2)13(16)14(20)18-15-17-12(8-22-15)7-19-5-10(3)21-11(4)6-19;;/h8-11,13H,5-7,16H2,1-4H3,(H,17,18,20);2*1H. The zero-order valence-electron chi connectivity index (χ0n) is 14.5. The van der Waals surface area contributed by atoms with Crippen molar-refractivity contribution >= 4 is 47.2 Å². The molecule has 3 N–H and O–H groups in total. The van der Waals surface area contributed by atoms with Crippen LogP contribution in [0.25, 0.3) is 0 Å². The van der Waals surface area contributed by atoms with Crippen LogP contribution >= 0.6 is 36.2 Å². The lowest BCUT2D eigenvalue weighted by Gasteiger charge is -2.34. The van der Waals surface area contributed by atoms with Gasteiger partial charge in [0.15, 0.2) is 5.13 Å². The van der Waals surface area contributed by atoms with Gasteiger partial charge < -0.3 is 15.8 Å². The third kappa shape index (κ3) is 6.82. The van der Waals surface area contributed by atoms with Gasteiger partial charge in [0.2, 0.25) is 5.91 Å². The summed E-state index contributed by atoms with van der Waals surface area (Å²) in [5.41, 5.74) is 6.81. The molecule has 1 fully saturated rings. The Morgan fingerprint density at radius 3 is 2.54 bits per heavy atom. The molecular weight excluding hydrogens is 371 g/mol. The molecule has 1 aromatic heterocycles. The molecule has 0 aromatic carbocycles. The lowest BCUT2D eigenvalue weighted by Crippen LogP contribution is -2.44. The van der Waals surface area contributed by atoms with Crippen LogP contribution in [0.2, 0.25) is 0 Å². The van der Waals surface area contributed by atoms with Crippen LogP contribution in [0.15, 0.2) is 5.38 Å². The number of morpholine rings is 1. The van der Waals surface area contributed by atoms with Gasteiger partial charge in [0.1, 0.15) is 0 Å². The number of halogens is 2. The predicted octanol–water partition coefficient (Wildman–Crippen LogP) is 2.52. The maximum absolute atomic E-state index is 11.9. The molecule has 0 bridgehead atoms. The van der Waals surface area contributed by atoms with E-state index in [1.807, 2.05) is 19.2 Å². The minimum absolute atomic E-state index is 0. The number of ether oxygens (including phenoxy) is 1. The van der Waals surface area contributed by atoms with Gasteiger partial charge in [-0.05, 0) is 19.8 Å². The number of anilines is 1. The van der Waals surface area contributed by atoms with E-state index in [9.17, 15) is 4.79 Å². The molecule has 0 radical (unpaired) electrons. The smallest absolute Gasteiger partial charge is 0.243 e. The fourth-order valence-corrected chi connectivity index (χ4v) is 3.28. The predicted molar refractivity (Wildman–Crippen MR) is 103 cm³/mol. The first-order chi connectivity index (χ1) is 10.3. The van der Waals surface area contributed by atoms with Crippen LogP contribution in [0.4, 0.5) is 5.13 Å². The largest absolute Gasteiger partial charge is 0.373 e. The summed E-state index contributed by atoms with van der Waals surface area (Å²) < 4.78 is 5.73. The lowest BCUT2D eigenvalue weighted by molar-refractivity contribution is -0.118. The van der Waals surface area contributed by atoms with E-state index in [0.29, 0.717) is 5.13 Å². The van der Waals surface area contributed by atoms with Crippen molar-refractivity contribution in [2.45, 2.75) is 52.5 Å². The Morgan fingerprint density at radius 1 is 1.42 bits per heavy atom. The Balaban J connectivity index is 0.00000264. The fourth-order valence-electron chi connectivity index (χ4n) is 2.57. The van der Waals surface area contributed by atoms with Gasteiger partial charge in [0.05, 0.1) is 23.9 Å². The number of nitrogens with two attached hydrogens (primary N) is 1. The molecule has 0 spiro atoms. The molecule has 1 aliphatic heterocycles. The number of rotatable bonds is 5. The summed E-state index contributed by atoms with van der Waals surface area (Å²) in [6, 6.07) is -0.506. The zero-order chi connectivity index (χ0) is 16.3. The first-order valence-corrected chi connectivity index (χ1v) is 8.61.